The standard InChI is InChI=1S/C25H29N3O4S/c1-3-5-6-16(4-2)13-26-23(29)18-9-7-17(8-10-18)14-28-24(30)19-11-21-22(32-15-31-21)12-20(19)27-25(28)33/h7-12,16H,3-6,13-15H2,1-2H3,(H,26,29)(H,27,33). The van der Waals surface area contributed by atoms with Crippen molar-refractivity contribution in [3.63, 3.8) is 0 Å². The molecule has 0 saturated carbocycles. The Kier molecular flexibility index (Phi) is 7.13. The van der Waals surface area contributed by atoms with E-state index in [1.165, 1.54) is 17.4 Å². The van der Waals surface area contributed by atoms with E-state index in [0.717, 1.165) is 18.4 Å². The molecule has 2 aromatic carbocycles. The van der Waals surface area contributed by atoms with E-state index in [1.807, 2.05) is 12.1 Å². The molecule has 1 aliphatic heterocycles. The van der Waals surface area contributed by atoms with Crippen LogP contribution in [-0.2, 0) is 6.54 Å². The zero-order valence-electron chi connectivity index (χ0n) is 19.0. The summed E-state index contributed by atoms with van der Waals surface area (Å²) >= 11 is 5.43. The Morgan fingerprint density at radius 3 is 2.61 bits per heavy atom. The first-order valence-corrected chi connectivity index (χ1v) is 11.8. The number of unbranched alkanes of at least 4 members (excludes halogenated alkanes) is 1. The molecule has 1 aliphatic rings. The number of aromatic amines is 1. The van der Waals surface area contributed by atoms with Crippen LogP contribution in [0.15, 0.2) is 41.2 Å². The Hall–Kier alpha value is -3.13. The molecule has 0 bridgehead atoms. The lowest BCUT2D eigenvalue weighted by Gasteiger charge is -2.15. The molecule has 0 fully saturated rings. The van der Waals surface area contributed by atoms with E-state index < -0.39 is 0 Å². The van der Waals surface area contributed by atoms with E-state index >= 15 is 0 Å². The van der Waals surface area contributed by atoms with Crippen molar-refractivity contribution in [2.24, 2.45) is 5.92 Å². The number of carbonyl (C=O) groups is 1. The van der Waals surface area contributed by atoms with Gasteiger partial charge in [-0.3, -0.25) is 14.2 Å². The van der Waals surface area contributed by atoms with Crippen molar-refractivity contribution >= 4 is 29.0 Å². The van der Waals surface area contributed by atoms with Crippen molar-refractivity contribution in [1.29, 1.82) is 0 Å². The number of H-pyrrole nitrogens is 1. The van der Waals surface area contributed by atoms with Crippen LogP contribution >= 0.6 is 12.2 Å². The molecule has 0 saturated heterocycles. The molecule has 2 N–H and O–H groups in total. The van der Waals surface area contributed by atoms with Crippen molar-refractivity contribution < 1.29 is 14.3 Å². The van der Waals surface area contributed by atoms with Gasteiger partial charge in [0.2, 0.25) is 6.79 Å². The smallest absolute Gasteiger partial charge is 0.262 e. The molecule has 2 heterocycles. The first kappa shape index (κ1) is 23.0. The summed E-state index contributed by atoms with van der Waals surface area (Å²) in [5.41, 5.74) is 1.89. The number of ether oxygens (including phenoxy) is 2. The fourth-order valence-corrected chi connectivity index (χ4v) is 4.27. The third-order valence-electron chi connectivity index (χ3n) is 6.13. The third-order valence-corrected chi connectivity index (χ3v) is 6.45. The summed E-state index contributed by atoms with van der Waals surface area (Å²) in [5.74, 6) is 1.57. The van der Waals surface area contributed by atoms with Gasteiger partial charge in [0.1, 0.15) is 0 Å². The van der Waals surface area contributed by atoms with E-state index in [-0.39, 0.29) is 18.3 Å². The Balaban J connectivity index is 1.48. The molecule has 33 heavy (non-hydrogen) atoms. The first-order chi connectivity index (χ1) is 16.0. The molecule has 0 spiro atoms. The quantitative estimate of drug-likeness (QED) is 0.442. The lowest BCUT2D eigenvalue weighted by atomic mass is 9.99. The second kappa shape index (κ2) is 10.2. The zero-order valence-corrected chi connectivity index (χ0v) is 19.8. The van der Waals surface area contributed by atoms with Crippen LogP contribution in [0.2, 0.25) is 0 Å². The number of hydrogen-bond donors (Lipinski definition) is 2. The van der Waals surface area contributed by atoms with Crippen LogP contribution in [-0.4, -0.2) is 28.8 Å². The number of hydrogen-bond acceptors (Lipinski definition) is 5. The summed E-state index contributed by atoms with van der Waals surface area (Å²) in [5, 5.41) is 3.53. The van der Waals surface area contributed by atoms with E-state index in [9.17, 15) is 9.59 Å². The minimum Gasteiger partial charge on any atom is -0.454 e. The summed E-state index contributed by atoms with van der Waals surface area (Å²) in [6.07, 6.45) is 4.54. The van der Waals surface area contributed by atoms with Gasteiger partial charge in [-0.2, -0.15) is 0 Å². The summed E-state index contributed by atoms with van der Waals surface area (Å²) < 4.78 is 12.6. The van der Waals surface area contributed by atoms with Gasteiger partial charge in [-0.1, -0.05) is 45.2 Å². The zero-order chi connectivity index (χ0) is 23.4. The highest BCUT2D eigenvalue weighted by Crippen LogP contribution is 2.34. The van der Waals surface area contributed by atoms with Crippen molar-refractivity contribution in [3.8, 4) is 11.5 Å². The molecule has 0 radical (unpaired) electrons. The van der Waals surface area contributed by atoms with Gasteiger partial charge in [-0.25, -0.2) is 0 Å². The SMILES string of the molecule is CCCCC(CC)CNC(=O)c1ccc(Cn2c(=S)[nH]c3cc4c(cc3c2=O)OCO4)cc1. The van der Waals surface area contributed by atoms with E-state index in [4.69, 9.17) is 21.7 Å². The lowest BCUT2D eigenvalue weighted by molar-refractivity contribution is 0.0946. The van der Waals surface area contributed by atoms with Gasteiger partial charge in [0, 0.05) is 18.2 Å². The van der Waals surface area contributed by atoms with Crippen molar-refractivity contribution in [2.45, 2.75) is 46.1 Å². The number of carbonyl (C=O) groups excluding carboxylic acids is 1. The maximum absolute atomic E-state index is 13.1. The molecule has 0 aliphatic carbocycles. The predicted molar refractivity (Wildman–Crippen MR) is 131 cm³/mol. The van der Waals surface area contributed by atoms with Gasteiger partial charge in [-0.15, -0.1) is 0 Å². The molecule has 174 valence electrons. The van der Waals surface area contributed by atoms with Gasteiger partial charge in [0.05, 0.1) is 17.4 Å². The maximum Gasteiger partial charge on any atom is 0.262 e. The number of fused-ring (bicyclic) bond motifs is 2. The number of nitrogens with one attached hydrogen (secondary N) is 2. The van der Waals surface area contributed by atoms with Crippen molar-refractivity contribution in [3.05, 3.63) is 62.6 Å². The van der Waals surface area contributed by atoms with Gasteiger partial charge in [0.25, 0.3) is 11.5 Å². The second-order valence-electron chi connectivity index (χ2n) is 8.40. The molecule has 1 amide bonds. The van der Waals surface area contributed by atoms with Gasteiger partial charge in [-0.05, 0) is 48.3 Å². The summed E-state index contributed by atoms with van der Waals surface area (Å²) in [6, 6.07) is 10.7. The maximum atomic E-state index is 13.1. The number of aromatic nitrogens is 2. The highest BCUT2D eigenvalue weighted by atomic mass is 32.1. The van der Waals surface area contributed by atoms with Crippen LogP contribution in [0.1, 0.15) is 55.5 Å². The van der Waals surface area contributed by atoms with Gasteiger partial charge < -0.3 is 19.8 Å². The molecular formula is C25H29N3O4S. The first-order valence-electron chi connectivity index (χ1n) is 11.4. The van der Waals surface area contributed by atoms with Gasteiger partial charge in [0.15, 0.2) is 16.3 Å². The third kappa shape index (κ3) is 5.11. The minimum atomic E-state index is -0.202. The fraction of sp³-hybridized carbons (Fsp3) is 0.400. The highest BCUT2D eigenvalue weighted by Gasteiger charge is 2.17. The number of benzene rings is 2. The molecule has 1 unspecified atom stereocenters. The van der Waals surface area contributed by atoms with Crippen LogP contribution < -0.4 is 20.3 Å². The Morgan fingerprint density at radius 2 is 1.91 bits per heavy atom. The van der Waals surface area contributed by atoms with Crippen molar-refractivity contribution in [1.82, 2.24) is 14.9 Å². The molecule has 1 atom stereocenters. The second-order valence-corrected chi connectivity index (χ2v) is 8.78. The van der Waals surface area contributed by atoms with E-state index in [2.05, 4.69) is 24.1 Å². The van der Waals surface area contributed by atoms with Gasteiger partial charge >= 0.3 is 0 Å². The molecular weight excluding hydrogens is 438 g/mol. The van der Waals surface area contributed by atoms with E-state index in [0.29, 0.717) is 51.7 Å². The molecule has 4 rings (SSSR count). The van der Waals surface area contributed by atoms with Crippen LogP contribution in [0, 0.1) is 10.7 Å². The Morgan fingerprint density at radius 1 is 1.18 bits per heavy atom. The largest absolute Gasteiger partial charge is 0.454 e. The Labute approximate surface area is 197 Å². The average molecular weight is 468 g/mol. The summed E-state index contributed by atoms with van der Waals surface area (Å²) in [7, 11) is 0. The number of amides is 1. The van der Waals surface area contributed by atoms with Crippen LogP contribution in [0.5, 0.6) is 11.5 Å². The normalized spacial score (nSPS) is 13.3. The number of nitrogens with zero attached hydrogens (tertiary/aromatic N) is 1. The average Bonchev–Trinajstić information content (AvgIpc) is 3.28. The van der Waals surface area contributed by atoms with Crippen LogP contribution in [0.3, 0.4) is 0 Å². The van der Waals surface area contributed by atoms with E-state index in [1.54, 1.807) is 24.3 Å². The summed E-state index contributed by atoms with van der Waals surface area (Å²) in [6.45, 7) is 5.47. The highest BCUT2D eigenvalue weighted by molar-refractivity contribution is 7.71. The fourth-order valence-electron chi connectivity index (χ4n) is 4.01. The topological polar surface area (TPSA) is 85.4 Å². The molecule has 3 aromatic rings. The molecule has 1 aromatic heterocycles. The Bertz CT molecular complexity index is 1260. The monoisotopic (exact) mass is 467 g/mol. The van der Waals surface area contributed by atoms with Crippen LogP contribution in [0.4, 0.5) is 0 Å². The minimum absolute atomic E-state index is 0.0762. The van der Waals surface area contributed by atoms with Crippen LogP contribution in [0.25, 0.3) is 10.9 Å². The van der Waals surface area contributed by atoms with Crippen molar-refractivity contribution in [2.75, 3.05) is 13.3 Å². The molecule has 7 nitrogen and oxygen atoms in total. The summed E-state index contributed by atoms with van der Waals surface area (Å²) in [4.78, 5) is 28.7. The number of rotatable bonds is 9. The predicted octanol–water partition coefficient (Wildman–Crippen LogP) is 4.78. The molecule has 8 heteroatoms. The lowest BCUT2D eigenvalue weighted by Crippen LogP contribution is -2.29.